The number of para-hydroxylation sites is 1. The highest BCUT2D eigenvalue weighted by Gasteiger charge is 2.08. The maximum atomic E-state index is 5.60. The monoisotopic (exact) mass is 182 g/mol. The van der Waals surface area contributed by atoms with Crippen molar-refractivity contribution in [2.45, 2.75) is 25.2 Å². The summed E-state index contributed by atoms with van der Waals surface area (Å²) in [6.45, 7) is 4.04. The van der Waals surface area contributed by atoms with E-state index in [0.29, 0.717) is 0 Å². The smallest absolute Gasteiger partial charge is 0.119 e. The molecule has 0 aromatic heterocycles. The zero-order valence-electron chi connectivity index (χ0n) is 7.40. The van der Waals surface area contributed by atoms with Gasteiger partial charge in [-0.25, -0.2) is 0 Å². The number of rotatable bonds is 3. The molecule has 0 spiro atoms. The van der Waals surface area contributed by atoms with Crippen LogP contribution in [0.3, 0.4) is 0 Å². The van der Waals surface area contributed by atoms with E-state index < -0.39 is 0 Å². The van der Waals surface area contributed by atoms with Crippen molar-refractivity contribution in [3.05, 3.63) is 30.3 Å². The first-order valence-corrected chi connectivity index (χ1v) is 4.61. The van der Waals surface area contributed by atoms with E-state index in [9.17, 15) is 0 Å². The Morgan fingerprint density at radius 1 is 1.17 bits per heavy atom. The van der Waals surface area contributed by atoms with Crippen molar-refractivity contribution in [1.29, 1.82) is 0 Å². The molecule has 0 aliphatic heterocycles. The molecule has 12 heavy (non-hydrogen) atoms. The van der Waals surface area contributed by atoms with Gasteiger partial charge in [-0.1, -0.05) is 18.2 Å². The minimum Gasteiger partial charge on any atom is -0.490 e. The third-order valence-corrected chi connectivity index (χ3v) is 2.16. The molecular weight excluding hydrogens is 168 g/mol. The molecule has 0 saturated heterocycles. The zero-order valence-corrected chi connectivity index (χ0v) is 8.29. The van der Waals surface area contributed by atoms with Crippen molar-refractivity contribution in [2.24, 2.45) is 0 Å². The van der Waals surface area contributed by atoms with Gasteiger partial charge < -0.3 is 4.74 Å². The lowest BCUT2D eigenvalue weighted by Gasteiger charge is -2.16. The number of benzene rings is 1. The van der Waals surface area contributed by atoms with Crippen LogP contribution in [0.25, 0.3) is 0 Å². The summed E-state index contributed by atoms with van der Waals surface area (Å²) >= 11 is 4.30. The van der Waals surface area contributed by atoms with Crippen molar-refractivity contribution in [1.82, 2.24) is 0 Å². The molecule has 0 amide bonds. The standard InChI is InChI=1S/C10H14OS/c1-8(9(2)12)11-10-6-4-3-5-7-10/h3-9,12H,1-2H3. The van der Waals surface area contributed by atoms with E-state index in [-0.39, 0.29) is 11.4 Å². The fraction of sp³-hybridized carbons (Fsp3) is 0.400. The molecule has 0 bridgehead atoms. The molecule has 0 heterocycles. The van der Waals surface area contributed by atoms with Crippen LogP contribution in [0, 0.1) is 0 Å². The normalized spacial score (nSPS) is 15.2. The molecule has 66 valence electrons. The van der Waals surface area contributed by atoms with Crippen LogP contribution < -0.4 is 4.74 Å². The summed E-state index contributed by atoms with van der Waals surface area (Å²) < 4.78 is 5.60. The molecule has 2 unspecified atom stereocenters. The van der Waals surface area contributed by atoms with Gasteiger partial charge in [-0.3, -0.25) is 0 Å². The lowest BCUT2D eigenvalue weighted by molar-refractivity contribution is 0.223. The van der Waals surface area contributed by atoms with Crippen LogP contribution >= 0.6 is 12.6 Å². The number of thiol groups is 1. The van der Waals surface area contributed by atoms with Gasteiger partial charge in [-0.2, -0.15) is 12.6 Å². The number of hydrogen-bond donors (Lipinski definition) is 1. The quantitative estimate of drug-likeness (QED) is 0.707. The van der Waals surface area contributed by atoms with E-state index in [0.717, 1.165) is 5.75 Å². The molecular formula is C10H14OS. The van der Waals surface area contributed by atoms with Gasteiger partial charge in [0.15, 0.2) is 0 Å². The number of hydrogen-bond acceptors (Lipinski definition) is 2. The minimum atomic E-state index is 0.149. The Kier molecular flexibility index (Phi) is 3.48. The third kappa shape index (κ3) is 2.78. The Balaban J connectivity index is 2.53. The Morgan fingerprint density at radius 3 is 2.25 bits per heavy atom. The van der Waals surface area contributed by atoms with E-state index >= 15 is 0 Å². The van der Waals surface area contributed by atoms with Gasteiger partial charge in [0, 0.05) is 5.25 Å². The van der Waals surface area contributed by atoms with Gasteiger partial charge in [0.25, 0.3) is 0 Å². The van der Waals surface area contributed by atoms with Gasteiger partial charge in [-0.05, 0) is 26.0 Å². The molecule has 1 nitrogen and oxygen atoms in total. The van der Waals surface area contributed by atoms with Crippen LogP contribution in [0.15, 0.2) is 30.3 Å². The maximum absolute atomic E-state index is 5.60. The van der Waals surface area contributed by atoms with Crippen LogP contribution in [0.4, 0.5) is 0 Å². The molecule has 0 saturated carbocycles. The van der Waals surface area contributed by atoms with Gasteiger partial charge in [0.2, 0.25) is 0 Å². The molecule has 0 radical (unpaired) electrons. The highest BCUT2D eigenvalue weighted by atomic mass is 32.1. The van der Waals surface area contributed by atoms with E-state index in [1.165, 1.54) is 0 Å². The largest absolute Gasteiger partial charge is 0.490 e. The Hall–Kier alpha value is -0.630. The SMILES string of the molecule is CC(S)C(C)Oc1ccccc1. The second kappa shape index (κ2) is 4.41. The van der Waals surface area contributed by atoms with Crippen LogP contribution in [0.5, 0.6) is 5.75 Å². The summed E-state index contributed by atoms with van der Waals surface area (Å²) in [7, 11) is 0. The summed E-state index contributed by atoms with van der Waals surface area (Å²) in [4.78, 5) is 0. The predicted octanol–water partition coefficient (Wildman–Crippen LogP) is 2.77. The number of ether oxygens (including phenoxy) is 1. The molecule has 0 fully saturated rings. The molecule has 1 aromatic carbocycles. The van der Waals surface area contributed by atoms with Crippen LogP contribution in [-0.2, 0) is 0 Å². The predicted molar refractivity (Wildman–Crippen MR) is 55.0 cm³/mol. The van der Waals surface area contributed by atoms with Crippen LogP contribution in [0.2, 0.25) is 0 Å². The first-order valence-electron chi connectivity index (χ1n) is 4.10. The average molecular weight is 182 g/mol. The van der Waals surface area contributed by atoms with Crippen LogP contribution in [0.1, 0.15) is 13.8 Å². The summed E-state index contributed by atoms with van der Waals surface area (Å²) in [5.74, 6) is 0.908. The van der Waals surface area contributed by atoms with Gasteiger partial charge in [-0.15, -0.1) is 0 Å². The maximum Gasteiger partial charge on any atom is 0.119 e. The first kappa shape index (κ1) is 9.46. The third-order valence-electron chi connectivity index (χ3n) is 1.74. The summed E-state index contributed by atoms with van der Waals surface area (Å²) in [6, 6.07) is 9.80. The molecule has 0 aliphatic rings. The first-order chi connectivity index (χ1) is 5.70. The fourth-order valence-electron chi connectivity index (χ4n) is 0.812. The molecule has 0 N–H and O–H groups in total. The molecule has 2 atom stereocenters. The van der Waals surface area contributed by atoms with Crippen molar-refractivity contribution in [2.75, 3.05) is 0 Å². The van der Waals surface area contributed by atoms with E-state index in [1.807, 2.05) is 44.2 Å². The van der Waals surface area contributed by atoms with Crippen molar-refractivity contribution < 1.29 is 4.74 Å². The lowest BCUT2D eigenvalue weighted by atomic mass is 10.3. The second-order valence-corrected chi connectivity index (χ2v) is 3.69. The lowest BCUT2D eigenvalue weighted by Crippen LogP contribution is -2.21. The zero-order chi connectivity index (χ0) is 8.97. The van der Waals surface area contributed by atoms with Crippen molar-refractivity contribution in [3.63, 3.8) is 0 Å². The molecule has 1 rings (SSSR count). The minimum absolute atomic E-state index is 0.149. The highest BCUT2D eigenvalue weighted by molar-refractivity contribution is 7.81. The van der Waals surface area contributed by atoms with E-state index in [1.54, 1.807) is 0 Å². The Bertz CT molecular complexity index is 221. The van der Waals surface area contributed by atoms with Gasteiger partial charge in [0.1, 0.15) is 11.9 Å². The molecule has 2 heteroatoms. The van der Waals surface area contributed by atoms with E-state index in [4.69, 9.17) is 4.74 Å². The highest BCUT2D eigenvalue weighted by Crippen LogP contribution is 2.13. The summed E-state index contributed by atoms with van der Waals surface area (Å²) in [6.07, 6.45) is 0.149. The average Bonchev–Trinajstić information content (AvgIpc) is 2.06. The Labute approximate surface area is 79.2 Å². The molecule has 1 aromatic rings. The topological polar surface area (TPSA) is 9.23 Å². The second-order valence-electron chi connectivity index (χ2n) is 2.88. The van der Waals surface area contributed by atoms with Crippen molar-refractivity contribution in [3.8, 4) is 5.75 Å². The summed E-state index contributed by atoms with van der Waals surface area (Å²) in [5.41, 5.74) is 0. The summed E-state index contributed by atoms with van der Waals surface area (Å²) in [5, 5.41) is 0.255. The van der Waals surface area contributed by atoms with Crippen molar-refractivity contribution >= 4 is 12.6 Å². The van der Waals surface area contributed by atoms with Crippen LogP contribution in [-0.4, -0.2) is 11.4 Å². The Morgan fingerprint density at radius 2 is 1.75 bits per heavy atom. The van der Waals surface area contributed by atoms with Gasteiger partial charge in [0.05, 0.1) is 0 Å². The van der Waals surface area contributed by atoms with E-state index in [2.05, 4.69) is 12.6 Å². The fourth-order valence-corrected chi connectivity index (χ4v) is 0.873. The molecule has 0 aliphatic carbocycles. The van der Waals surface area contributed by atoms with Gasteiger partial charge >= 0.3 is 0 Å².